The maximum atomic E-state index is 12.0. The van der Waals surface area contributed by atoms with Crippen molar-refractivity contribution in [3.63, 3.8) is 0 Å². The van der Waals surface area contributed by atoms with Crippen LogP contribution in [0.5, 0.6) is 5.75 Å². The number of carbonyl (C=O) groups is 1. The second-order valence-electron chi connectivity index (χ2n) is 4.68. The lowest BCUT2D eigenvalue weighted by atomic mass is 10.1. The first kappa shape index (κ1) is 13.9. The average Bonchev–Trinajstić information content (AvgIpc) is 2.93. The Morgan fingerprint density at radius 1 is 1.33 bits per heavy atom. The largest absolute Gasteiger partial charge is 0.493 e. The quantitative estimate of drug-likeness (QED) is 0.922. The number of benzene rings is 1. The molecule has 1 aliphatic rings. The standard InChI is InChI=1S/C15H12BrNO4/c16-12-5-9-3-4-20-14(9)11(6-12)7-17-15(19)10-1-2-13(18)21-8-10/h1-2,5-6,8H,3-4,7H2,(H,17,19). The Labute approximate surface area is 129 Å². The molecule has 1 aromatic heterocycles. The zero-order valence-electron chi connectivity index (χ0n) is 11.0. The van der Waals surface area contributed by atoms with Gasteiger partial charge in [0.2, 0.25) is 0 Å². The molecule has 0 saturated heterocycles. The molecule has 0 aliphatic carbocycles. The molecule has 108 valence electrons. The number of fused-ring (bicyclic) bond motifs is 1. The topological polar surface area (TPSA) is 68.5 Å². The van der Waals surface area contributed by atoms with Crippen LogP contribution < -0.4 is 15.7 Å². The minimum absolute atomic E-state index is 0.300. The highest BCUT2D eigenvalue weighted by Crippen LogP contribution is 2.32. The second-order valence-corrected chi connectivity index (χ2v) is 5.59. The van der Waals surface area contributed by atoms with Gasteiger partial charge in [-0.1, -0.05) is 15.9 Å². The average molecular weight is 350 g/mol. The minimum atomic E-state index is -0.482. The zero-order chi connectivity index (χ0) is 14.8. The number of ether oxygens (including phenoxy) is 1. The van der Waals surface area contributed by atoms with Gasteiger partial charge in [-0.15, -0.1) is 0 Å². The summed E-state index contributed by atoms with van der Waals surface area (Å²) in [4.78, 5) is 22.9. The lowest BCUT2D eigenvalue weighted by Gasteiger charge is -2.10. The highest BCUT2D eigenvalue weighted by Gasteiger charge is 2.18. The van der Waals surface area contributed by atoms with Crippen molar-refractivity contribution in [3.8, 4) is 5.75 Å². The summed E-state index contributed by atoms with van der Waals surface area (Å²) in [6.45, 7) is 1.01. The van der Waals surface area contributed by atoms with Gasteiger partial charge in [0.25, 0.3) is 5.91 Å². The van der Waals surface area contributed by atoms with E-state index in [0.29, 0.717) is 18.7 Å². The molecule has 1 amide bonds. The second kappa shape index (κ2) is 5.73. The molecule has 5 nitrogen and oxygen atoms in total. The fourth-order valence-corrected chi connectivity index (χ4v) is 2.79. The molecule has 0 saturated carbocycles. The molecule has 0 unspecified atom stereocenters. The number of halogens is 1. The fraction of sp³-hybridized carbons (Fsp3) is 0.200. The van der Waals surface area contributed by atoms with Gasteiger partial charge in [-0.25, -0.2) is 4.79 Å². The summed E-state index contributed by atoms with van der Waals surface area (Å²) < 4.78 is 11.2. The maximum Gasteiger partial charge on any atom is 0.335 e. The van der Waals surface area contributed by atoms with E-state index in [0.717, 1.165) is 34.0 Å². The monoisotopic (exact) mass is 349 g/mol. The van der Waals surface area contributed by atoms with Gasteiger partial charge < -0.3 is 14.5 Å². The van der Waals surface area contributed by atoms with Crippen molar-refractivity contribution in [2.45, 2.75) is 13.0 Å². The molecule has 3 rings (SSSR count). The van der Waals surface area contributed by atoms with Crippen molar-refractivity contribution in [1.82, 2.24) is 5.32 Å². The van der Waals surface area contributed by atoms with Crippen LogP contribution in [0.4, 0.5) is 0 Å². The zero-order valence-corrected chi connectivity index (χ0v) is 12.6. The molecule has 1 N–H and O–H groups in total. The number of carbonyl (C=O) groups excluding carboxylic acids is 1. The minimum Gasteiger partial charge on any atom is -0.493 e. The van der Waals surface area contributed by atoms with Crippen LogP contribution in [0.25, 0.3) is 0 Å². The van der Waals surface area contributed by atoms with Crippen LogP contribution >= 0.6 is 15.9 Å². The molecule has 0 fully saturated rings. The van der Waals surface area contributed by atoms with Crippen LogP contribution in [0.2, 0.25) is 0 Å². The molecule has 1 aliphatic heterocycles. The Morgan fingerprint density at radius 3 is 2.95 bits per heavy atom. The lowest BCUT2D eigenvalue weighted by molar-refractivity contribution is 0.0948. The van der Waals surface area contributed by atoms with Crippen molar-refractivity contribution >= 4 is 21.8 Å². The van der Waals surface area contributed by atoms with Crippen molar-refractivity contribution in [2.75, 3.05) is 6.61 Å². The highest BCUT2D eigenvalue weighted by atomic mass is 79.9. The van der Waals surface area contributed by atoms with E-state index in [-0.39, 0.29) is 5.91 Å². The van der Waals surface area contributed by atoms with E-state index < -0.39 is 5.63 Å². The lowest BCUT2D eigenvalue weighted by Crippen LogP contribution is -2.23. The molecule has 21 heavy (non-hydrogen) atoms. The van der Waals surface area contributed by atoms with Crippen LogP contribution in [0.15, 0.2) is 44.2 Å². The molecule has 6 heteroatoms. The van der Waals surface area contributed by atoms with Crippen LogP contribution in [0.3, 0.4) is 0 Å². The van der Waals surface area contributed by atoms with Gasteiger partial charge >= 0.3 is 5.63 Å². The van der Waals surface area contributed by atoms with Gasteiger partial charge in [0.15, 0.2) is 0 Å². The predicted molar refractivity (Wildman–Crippen MR) is 79.5 cm³/mol. The van der Waals surface area contributed by atoms with Gasteiger partial charge in [-0.2, -0.15) is 0 Å². The first-order valence-electron chi connectivity index (χ1n) is 6.44. The Morgan fingerprint density at radius 2 is 2.19 bits per heavy atom. The van der Waals surface area contributed by atoms with Gasteiger partial charge in [-0.05, 0) is 23.8 Å². The molecular weight excluding hydrogens is 338 g/mol. The number of nitrogens with one attached hydrogen (secondary N) is 1. The predicted octanol–water partition coefficient (Wildman–Crippen LogP) is 2.27. The van der Waals surface area contributed by atoms with E-state index in [9.17, 15) is 9.59 Å². The molecule has 0 radical (unpaired) electrons. The van der Waals surface area contributed by atoms with Crippen molar-refractivity contribution in [3.05, 3.63) is 62.1 Å². The third-order valence-corrected chi connectivity index (χ3v) is 3.69. The van der Waals surface area contributed by atoms with Gasteiger partial charge in [0, 0.05) is 29.1 Å². The molecule has 2 heterocycles. The van der Waals surface area contributed by atoms with E-state index in [4.69, 9.17) is 4.74 Å². The SMILES string of the molecule is O=C(NCc1cc(Br)cc2c1OCC2)c1ccc(=O)oc1. The summed E-state index contributed by atoms with van der Waals surface area (Å²) in [5, 5.41) is 2.79. The summed E-state index contributed by atoms with van der Waals surface area (Å²) in [5.74, 6) is 0.545. The Kier molecular flexibility index (Phi) is 3.79. The van der Waals surface area contributed by atoms with Crippen molar-refractivity contribution < 1.29 is 13.9 Å². The van der Waals surface area contributed by atoms with Crippen LogP contribution in [0, 0.1) is 0 Å². The molecule has 0 atom stereocenters. The molecule has 2 aromatic rings. The molecule has 1 aromatic carbocycles. The van der Waals surface area contributed by atoms with Gasteiger partial charge in [0.05, 0.1) is 12.2 Å². The first-order valence-corrected chi connectivity index (χ1v) is 7.24. The summed E-state index contributed by atoms with van der Waals surface area (Å²) in [5.41, 5.74) is 1.88. The Balaban J connectivity index is 1.75. The van der Waals surface area contributed by atoms with E-state index in [1.165, 1.54) is 12.1 Å². The summed E-state index contributed by atoms with van der Waals surface area (Å²) >= 11 is 3.46. The van der Waals surface area contributed by atoms with E-state index in [1.54, 1.807) is 0 Å². The van der Waals surface area contributed by atoms with Gasteiger partial charge in [0.1, 0.15) is 12.0 Å². The van der Waals surface area contributed by atoms with E-state index in [2.05, 4.69) is 25.7 Å². The number of rotatable bonds is 3. The van der Waals surface area contributed by atoms with Crippen LogP contribution in [-0.4, -0.2) is 12.5 Å². The molecule has 0 bridgehead atoms. The van der Waals surface area contributed by atoms with E-state index >= 15 is 0 Å². The Bertz CT molecular complexity index is 733. The number of hydrogen-bond donors (Lipinski definition) is 1. The van der Waals surface area contributed by atoms with E-state index in [1.807, 2.05) is 12.1 Å². The van der Waals surface area contributed by atoms with Crippen molar-refractivity contribution in [1.29, 1.82) is 0 Å². The summed E-state index contributed by atoms with van der Waals surface area (Å²) in [6, 6.07) is 6.60. The third-order valence-electron chi connectivity index (χ3n) is 3.23. The third kappa shape index (κ3) is 3.00. The Hall–Kier alpha value is -2.08. The number of hydrogen-bond acceptors (Lipinski definition) is 4. The molecule has 0 spiro atoms. The normalized spacial score (nSPS) is 12.6. The van der Waals surface area contributed by atoms with Crippen LogP contribution in [0.1, 0.15) is 21.5 Å². The van der Waals surface area contributed by atoms with Crippen molar-refractivity contribution in [2.24, 2.45) is 0 Å². The molecular formula is C15H12BrNO4. The smallest absolute Gasteiger partial charge is 0.335 e. The van der Waals surface area contributed by atoms with Crippen LogP contribution in [-0.2, 0) is 13.0 Å². The summed E-state index contributed by atoms with van der Waals surface area (Å²) in [7, 11) is 0. The first-order chi connectivity index (χ1) is 10.1. The maximum absolute atomic E-state index is 12.0. The van der Waals surface area contributed by atoms with Gasteiger partial charge in [-0.3, -0.25) is 4.79 Å². The fourth-order valence-electron chi connectivity index (χ4n) is 2.24. The summed E-state index contributed by atoms with van der Waals surface area (Å²) in [6.07, 6.45) is 2.03. The highest BCUT2D eigenvalue weighted by molar-refractivity contribution is 9.10. The number of amides is 1.